The van der Waals surface area contributed by atoms with Crippen molar-refractivity contribution in [3.05, 3.63) is 46.7 Å². The van der Waals surface area contributed by atoms with Gasteiger partial charge in [-0.15, -0.1) is 0 Å². The minimum atomic E-state index is -0.539. The average molecular weight is 352 g/mol. The highest BCUT2D eigenvalue weighted by Crippen LogP contribution is 2.56. The lowest BCUT2D eigenvalue weighted by Gasteiger charge is -2.52. The van der Waals surface area contributed by atoms with Crippen molar-refractivity contribution in [2.45, 2.75) is 59.0 Å². The Morgan fingerprint density at radius 2 is 2.04 bits per heavy atom. The summed E-state index contributed by atoms with van der Waals surface area (Å²) in [7, 11) is 0. The fourth-order valence-corrected chi connectivity index (χ4v) is 5.05. The fraction of sp³-hybridized carbons (Fsp3) is 0.455. The molecule has 1 aromatic heterocycles. The number of ether oxygens (including phenoxy) is 1. The van der Waals surface area contributed by atoms with Crippen molar-refractivity contribution in [2.24, 2.45) is 5.41 Å². The number of hydrogen-bond donors (Lipinski definition) is 0. The highest BCUT2D eigenvalue weighted by molar-refractivity contribution is 6.12. The van der Waals surface area contributed by atoms with Crippen LogP contribution in [0.15, 0.2) is 34.5 Å². The lowest BCUT2D eigenvalue weighted by molar-refractivity contribution is -0.151. The second-order valence-corrected chi connectivity index (χ2v) is 8.40. The first-order valence-corrected chi connectivity index (χ1v) is 9.12. The Hall–Kier alpha value is -2.36. The van der Waals surface area contributed by atoms with Crippen molar-refractivity contribution in [1.29, 1.82) is 0 Å². The van der Waals surface area contributed by atoms with E-state index in [1.807, 2.05) is 19.1 Å². The first-order chi connectivity index (χ1) is 12.2. The van der Waals surface area contributed by atoms with Crippen molar-refractivity contribution in [3.8, 4) is 0 Å². The molecule has 0 unspecified atom stereocenters. The summed E-state index contributed by atoms with van der Waals surface area (Å²) in [4.78, 5) is 24.8. The van der Waals surface area contributed by atoms with Gasteiger partial charge in [0.15, 0.2) is 5.78 Å². The molecule has 2 atom stereocenters. The zero-order valence-electron chi connectivity index (χ0n) is 15.9. The molecule has 4 nitrogen and oxygen atoms in total. The lowest BCUT2D eigenvalue weighted by atomic mass is 9.53. The van der Waals surface area contributed by atoms with Crippen LogP contribution >= 0.6 is 0 Å². The van der Waals surface area contributed by atoms with Gasteiger partial charge in [0, 0.05) is 17.9 Å². The molecule has 0 spiro atoms. The van der Waals surface area contributed by atoms with E-state index in [9.17, 15) is 9.59 Å². The van der Waals surface area contributed by atoms with Gasteiger partial charge in [-0.1, -0.05) is 13.8 Å². The van der Waals surface area contributed by atoms with Crippen LogP contribution in [-0.4, -0.2) is 17.9 Å². The molecule has 0 amide bonds. The molecule has 1 saturated carbocycles. The van der Waals surface area contributed by atoms with Gasteiger partial charge in [0.1, 0.15) is 11.7 Å². The molecule has 1 aromatic carbocycles. The second-order valence-electron chi connectivity index (χ2n) is 8.40. The van der Waals surface area contributed by atoms with E-state index in [2.05, 4.69) is 20.8 Å². The smallest absolute Gasteiger partial charge is 0.302 e. The van der Waals surface area contributed by atoms with Gasteiger partial charge in [-0.3, -0.25) is 9.59 Å². The van der Waals surface area contributed by atoms with Gasteiger partial charge in [-0.05, 0) is 67.0 Å². The molecule has 0 aliphatic heterocycles. The molecule has 0 N–H and O–H groups in total. The maximum absolute atomic E-state index is 13.1. The molecule has 136 valence electrons. The quantitative estimate of drug-likeness (QED) is 0.687. The van der Waals surface area contributed by atoms with Gasteiger partial charge in [0.05, 0.1) is 11.7 Å². The summed E-state index contributed by atoms with van der Waals surface area (Å²) in [5, 5.41) is 0.955. The molecule has 2 aliphatic rings. The van der Waals surface area contributed by atoms with Crippen LogP contribution in [0.25, 0.3) is 11.0 Å². The number of hydrogen-bond acceptors (Lipinski definition) is 4. The topological polar surface area (TPSA) is 56.5 Å². The number of ketones is 1. The molecule has 1 fully saturated rings. The molecule has 2 aromatic rings. The molecule has 1 heterocycles. The van der Waals surface area contributed by atoms with Gasteiger partial charge in [0.25, 0.3) is 0 Å². The van der Waals surface area contributed by atoms with E-state index >= 15 is 0 Å². The number of furan rings is 1. The number of rotatable bonds is 1. The summed E-state index contributed by atoms with van der Waals surface area (Å²) in [5.41, 5.74) is 3.70. The van der Waals surface area contributed by atoms with Gasteiger partial charge >= 0.3 is 5.97 Å². The number of fused-ring (bicyclic) bond motifs is 4. The SMILES string of the molecule is CC(=O)O[C@H]1CCC(C)(C)C2=CC(=O)c3c(cc4occc4c3C)[C@]21C. The van der Waals surface area contributed by atoms with Crippen molar-refractivity contribution < 1.29 is 18.7 Å². The van der Waals surface area contributed by atoms with Crippen LogP contribution in [-0.2, 0) is 14.9 Å². The van der Waals surface area contributed by atoms with Crippen LogP contribution in [0.1, 0.15) is 62.0 Å². The minimum absolute atomic E-state index is 0.0321. The zero-order valence-corrected chi connectivity index (χ0v) is 15.9. The van der Waals surface area contributed by atoms with E-state index in [-0.39, 0.29) is 23.3 Å². The monoisotopic (exact) mass is 352 g/mol. The first-order valence-electron chi connectivity index (χ1n) is 9.12. The third-order valence-corrected chi connectivity index (χ3v) is 6.37. The Labute approximate surface area is 153 Å². The van der Waals surface area contributed by atoms with E-state index in [4.69, 9.17) is 9.15 Å². The third kappa shape index (κ3) is 2.14. The summed E-state index contributed by atoms with van der Waals surface area (Å²) in [6.07, 6.45) is 4.79. The summed E-state index contributed by atoms with van der Waals surface area (Å²) in [6.45, 7) is 9.84. The van der Waals surface area contributed by atoms with Gasteiger partial charge < -0.3 is 9.15 Å². The predicted octanol–water partition coefficient (Wildman–Crippen LogP) is 4.87. The minimum Gasteiger partial charge on any atom is -0.464 e. The molecule has 0 bridgehead atoms. The van der Waals surface area contributed by atoms with E-state index in [1.54, 1.807) is 12.3 Å². The highest BCUT2D eigenvalue weighted by atomic mass is 16.5. The Kier molecular flexibility index (Phi) is 3.49. The Morgan fingerprint density at radius 3 is 2.73 bits per heavy atom. The number of carbonyl (C=O) groups is 2. The van der Waals surface area contributed by atoms with E-state index in [0.29, 0.717) is 0 Å². The second kappa shape index (κ2) is 5.32. The number of aryl methyl sites for hydroxylation is 1. The van der Waals surface area contributed by atoms with Crippen molar-refractivity contribution in [3.63, 3.8) is 0 Å². The molecule has 26 heavy (non-hydrogen) atoms. The molecule has 0 saturated heterocycles. The van der Waals surface area contributed by atoms with Crippen molar-refractivity contribution in [1.82, 2.24) is 0 Å². The van der Waals surface area contributed by atoms with Crippen LogP contribution in [0.3, 0.4) is 0 Å². The Morgan fingerprint density at radius 1 is 1.31 bits per heavy atom. The third-order valence-electron chi connectivity index (χ3n) is 6.37. The maximum atomic E-state index is 13.1. The molecule has 4 heteroatoms. The van der Waals surface area contributed by atoms with Crippen LogP contribution in [0.2, 0.25) is 0 Å². The molecule has 0 radical (unpaired) electrons. The number of benzene rings is 1. The zero-order chi connectivity index (χ0) is 18.9. The summed E-state index contributed by atoms with van der Waals surface area (Å²) >= 11 is 0. The first kappa shape index (κ1) is 17.1. The molecular weight excluding hydrogens is 328 g/mol. The van der Waals surface area contributed by atoms with Crippen molar-refractivity contribution >= 4 is 22.7 Å². The van der Waals surface area contributed by atoms with Crippen LogP contribution in [0.4, 0.5) is 0 Å². The van der Waals surface area contributed by atoms with E-state index in [1.165, 1.54) is 6.92 Å². The standard InChI is InChI=1S/C22H24O4/c1-12-14-7-9-25-17(14)10-15-20(12)16(24)11-18-21(3,4)8-6-19(22(15,18)5)26-13(2)23/h7,9-11,19H,6,8H2,1-5H3/t19-,22+/m0/s1. The number of esters is 1. The van der Waals surface area contributed by atoms with Crippen LogP contribution in [0, 0.1) is 12.3 Å². The summed E-state index contributed by atoms with van der Waals surface area (Å²) in [5.74, 6) is -0.255. The number of carbonyl (C=O) groups excluding carboxylic acids is 2. The predicted molar refractivity (Wildman–Crippen MR) is 99.3 cm³/mol. The average Bonchev–Trinajstić information content (AvgIpc) is 3.02. The Balaban J connectivity index is 2.05. The van der Waals surface area contributed by atoms with E-state index in [0.717, 1.165) is 46.1 Å². The van der Waals surface area contributed by atoms with Crippen LogP contribution < -0.4 is 0 Å². The summed E-state index contributed by atoms with van der Waals surface area (Å²) < 4.78 is 11.4. The largest absolute Gasteiger partial charge is 0.464 e. The maximum Gasteiger partial charge on any atom is 0.302 e. The fourth-order valence-electron chi connectivity index (χ4n) is 5.05. The highest BCUT2D eigenvalue weighted by Gasteiger charge is 2.54. The van der Waals surface area contributed by atoms with Gasteiger partial charge in [-0.2, -0.15) is 0 Å². The molecular formula is C22H24O4. The normalized spacial score (nSPS) is 26.9. The molecule has 2 aliphatic carbocycles. The lowest BCUT2D eigenvalue weighted by Crippen LogP contribution is -2.51. The Bertz CT molecular complexity index is 975. The van der Waals surface area contributed by atoms with Crippen LogP contribution in [0.5, 0.6) is 0 Å². The van der Waals surface area contributed by atoms with Gasteiger partial charge in [-0.25, -0.2) is 0 Å². The van der Waals surface area contributed by atoms with Crippen molar-refractivity contribution in [2.75, 3.05) is 0 Å². The van der Waals surface area contributed by atoms with Gasteiger partial charge in [0.2, 0.25) is 0 Å². The van der Waals surface area contributed by atoms with E-state index < -0.39 is 5.41 Å². The molecule has 4 rings (SSSR count). The number of allylic oxidation sites excluding steroid dienone is 1. The summed E-state index contributed by atoms with van der Waals surface area (Å²) in [6, 6.07) is 3.87.